The quantitative estimate of drug-likeness (QED) is 0.0988. The van der Waals surface area contributed by atoms with Crippen LogP contribution in [0.3, 0.4) is 0 Å². The molecule has 2 amide bonds. The number of pyridine rings is 1. The van der Waals surface area contributed by atoms with Gasteiger partial charge in [0.25, 0.3) is 17.8 Å². The van der Waals surface area contributed by atoms with Crippen LogP contribution in [-0.4, -0.2) is 69.7 Å². The molecule has 2 aliphatic heterocycles. The van der Waals surface area contributed by atoms with Gasteiger partial charge in [-0.2, -0.15) is 9.55 Å². The fourth-order valence-corrected chi connectivity index (χ4v) is 6.38. The number of oxazole rings is 1. The highest BCUT2D eigenvalue weighted by Gasteiger charge is 2.53. The van der Waals surface area contributed by atoms with Crippen LogP contribution < -0.4 is 20.7 Å². The number of anilines is 1. The van der Waals surface area contributed by atoms with E-state index in [1.54, 1.807) is 18.3 Å². The standard InChI is InChI=1S/C24H22N6O8S2/c1-2-36-16(31)10-38-28-17(14-9-37-24(25)26-14)20(32)27-18-21(33)30-19(23(34)35)13(11-40-22(18)30)7-29-5-3-12-4-6-39-15(12)8-29/h3-6,8-9,18,22H,2,7,10-11H2,1H3,(H3-,25,26,27,32,34,35)/t18?,22-/m0/s1. The number of carboxylic acids is 1. The third-order valence-electron chi connectivity index (χ3n) is 5.98. The highest BCUT2D eigenvalue weighted by molar-refractivity contribution is 8.00. The number of hydrogen-bond donors (Lipinski definition) is 2. The zero-order valence-corrected chi connectivity index (χ0v) is 22.5. The molecule has 0 aliphatic carbocycles. The molecule has 0 aromatic carbocycles. The van der Waals surface area contributed by atoms with E-state index in [4.69, 9.17) is 19.7 Å². The SMILES string of the molecule is CCOC(=O)CON=C(C(=O)NC1C(=O)N2C(C(=O)[O-])=C(C[n+]3ccc4ccsc4c3)CS[C@@H]12)c1coc(N)n1. The van der Waals surface area contributed by atoms with Crippen LogP contribution in [0.5, 0.6) is 0 Å². The van der Waals surface area contributed by atoms with E-state index in [1.807, 2.05) is 34.5 Å². The average Bonchev–Trinajstić information content (AvgIpc) is 3.57. The van der Waals surface area contributed by atoms with E-state index < -0.39 is 47.5 Å². The molecule has 3 aromatic rings. The summed E-state index contributed by atoms with van der Waals surface area (Å²) in [4.78, 5) is 59.8. The second kappa shape index (κ2) is 11.4. The van der Waals surface area contributed by atoms with Crippen molar-refractivity contribution in [3.63, 3.8) is 0 Å². The predicted molar refractivity (Wildman–Crippen MR) is 139 cm³/mol. The first-order valence-electron chi connectivity index (χ1n) is 11.9. The number of nitrogen functional groups attached to an aromatic ring is 1. The Kier molecular flexibility index (Phi) is 7.70. The second-order valence-electron chi connectivity index (χ2n) is 8.55. The number of nitrogens with two attached hydrogens (primary N) is 1. The minimum atomic E-state index is -1.48. The number of β-lactam (4-membered cyclic amide) rings is 1. The van der Waals surface area contributed by atoms with Gasteiger partial charge in [-0.3, -0.25) is 14.5 Å². The van der Waals surface area contributed by atoms with Crippen molar-refractivity contribution in [1.82, 2.24) is 15.2 Å². The first-order chi connectivity index (χ1) is 19.3. The summed E-state index contributed by atoms with van der Waals surface area (Å²) < 4.78 is 12.6. The van der Waals surface area contributed by atoms with Crippen LogP contribution in [0.25, 0.3) is 10.1 Å². The van der Waals surface area contributed by atoms with Gasteiger partial charge in [0.15, 0.2) is 24.7 Å². The molecule has 40 heavy (non-hydrogen) atoms. The van der Waals surface area contributed by atoms with E-state index in [-0.39, 0.29) is 30.6 Å². The number of hydrogen-bond acceptors (Lipinski definition) is 13. The van der Waals surface area contributed by atoms with Gasteiger partial charge in [-0.15, -0.1) is 23.1 Å². The third kappa shape index (κ3) is 5.35. The molecule has 1 saturated heterocycles. The molecule has 3 aromatic heterocycles. The number of nitrogens with zero attached hydrogens (tertiary/aromatic N) is 4. The Labute approximate surface area is 234 Å². The zero-order chi connectivity index (χ0) is 28.4. The van der Waals surface area contributed by atoms with Crippen LogP contribution in [0.1, 0.15) is 12.6 Å². The Hall–Kier alpha value is -4.44. The highest BCUT2D eigenvalue weighted by atomic mass is 32.2. The molecular formula is C24H22N6O8S2. The number of aromatic nitrogens is 2. The zero-order valence-electron chi connectivity index (χ0n) is 20.9. The largest absolute Gasteiger partial charge is 0.543 e. The normalized spacial score (nSPS) is 18.8. The fourth-order valence-electron chi connectivity index (χ4n) is 4.22. The maximum atomic E-state index is 13.1. The molecule has 1 fully saturated rings. The minimum Gasteiger partial charge on any atom is -0.543 e. The van der Waals surface area contributed by atoms with Gasteiger partial charge < -0.3 is 34.9 Å². The first-order valence-corrected chi connectivity index (χ1v) is 13.8. The molecule has 0 radical (unpaired) electrons. The summed E-state index contributed by atoms with van der Waals surface area (Å²) in [5.74, 6) is -3.40. The van der Waals surface area contributed by atoms with Gasteiger partial charge in [0.05, 0.1) is 23.0 Å². The van der Waals surface area contributed by atoms with Gasteiger partial charge >= 0.3 is 5.97 Å². The van der Waals surface area contributed by atoms with E-state index in [1.165, 1.54) is 11.8 Å². The molecule has 5 heterocycles. The van der Waals surface area contributed by atoms with Crippen molar-refractivity contribution >= 4 is 68.7 Å². The lowest BCUT2D eigenvalue weighted by Crippen LogP contribution is -2.71. The lowest BCUT2D eigenvalue weighted by atomic mass is 10.0. The van der Waals surface area contributed by atoms with Crippen molar-refractivity contribution in [2.75, 3.05) is 24.7 Å². The number of rotatable bonds is 10. The Bertz CT molecular complexity index is 1560. The molecule has 208 valence electrons. The van der Waals surface area contributed by atoms with Crippen LogP contribution in [0.15, 0.2) is 57.0 Å². The number of aliphatic carboxylic acids is 1. The average molecular weight is 587 g/mol. The second-order valence-corrected chi connectivity index (χ2v) is 10.6. The number of fused-ring (bicyclic) bond motifs is 2. The lowest BCUT2D eigenvalue weighted by molar-refractivity contribution is -0.687. The number of oxime groups is 1. The Morgan fingerprint density at radius 2 is 2.20 bits per heavy atom. The van der Waals surface area contributed by atoms with Gasteiger partial charge in [-0.05, 0) is 18.4 Å². The van der Waals surface area contributed by atoms with Crippen LogP contribution in [0.2, 0.25) is 0 Å². The maximum absolute atomic E-state index is 13.1. The molecular weight excluding hydrogens is 564 g/mol. The molecule has 0 spiro atoms. The van der Waals surface area contributed by atoms with Crippen LogP contribution >= 0.6 is 23.1 Å². The summed E-state index contributed by atoms with van der Waals surface area (Å²) in [6.07, 6.45) is 4.81. The van der Waals surface area contributed by atoms with Gasteiger partial charge in [0, 0.05) is 22.8 Å². The summed E-state index contributed by atoms with van der Waals surface area (Å²) in [5, 5.41) is 20.7. The van der Waals surface area contributed by atoms with Crippen molar-refractivity contribution in [2.45, 2.75) is 24.9 Å². The topological polar surface area (TPSA) is 193 Å². The monoisotopic (exact) mass is 586 g/mol. The number of nitrogens with one attached hydrogen (secondary N) is 1. The van der Waals surface area contributed by atoms with Gasteiger partial charge in [0.2, 0.25) is 6.61 Å². The Morgan fingerprint density at radius 1 is 1.38 bits per heavy atom. The Balaban J connectivity index is 1.32. The number of amides is 2. The van der Waals surface area contributed by atoms with Crippen molar-refractivity contribution in [3.8, 4) is 0 Å². The van der Waals surface area contributed by atoms with Crippen molar-refractivity contribution < 1.29 is 42.8 Å². The van der Waals surface area contributed by atoms with Crippen LogP contribution in [-0.2, 0) is 35.3 Å². The predicted octanol–water partition coefficient (Wildman–Crippen LogP) is -0.853. The number of carboxylic acid groups (broad SMARTS) is 1. The summed E-state index contributed by atoms with van der Waals surface area (Å²) >= 11 is 2.87. The summed E-state index contributed by atoms with van der Waals surface area (Å²) in [6, 6.07) is 2.61. The number of ether oxygens (including phenoxy) is 1. The summed E-state index contributed by atoms with van der Waals surface area (Å²) in [6.45, 7) is 1.42. The highest BCUT2D eigenvalue weighted by Crippen LogP contribution is 2.40. The smallest absolute Gasteiger partial charge is 0.347 e. The summed E-state index contributed by atoms with van der Waals surface area (Å²) in [7, 11) is 0. The number of thiophene rings is 1. The molecule has 0 saturated carbocycles. The molecule has 16 heteroatoms. The molecule has 2 atom stereocenters. The van der Waals surface area contributed by atoms with E-state index >= 15 is 0 Å². The molecule has 2 aliphatic rings. The molecule has 14 nitrogen and oxygen atoms in total. The van der Waals surface area contributed by atoms with Crippen LogP contribution in [0.4, 0.5) is 6.01 Å². The third-order valence-corrected chi connectivity index (χ3v) is 8.19. The first kappa shape index (κ1) is 27.1. The molecule has 3 N–H and O–H groups in total. The number of thioether (sulfide) groups is 1. The number of carbonyl (C=O) groups excluding carboxylic acids is 4. The van der Waals surface area contributed by atoms with Gasteiger partial charge in [0.1, 0.15) is 23.4 Å². The Morgan fingerprint density at radius 3 is 2.92 bits per heavy atom. The maximum Gasteiger partial charge on any atom is 0.347 e. The van der Waals surface area contributed by atoms with E-state index in [0.717, 1.165) is 21.2 Å². The van der Waals surface area contributed by atoms with E-state index in [2.05, 4.69) is 15.5 Å². The molecule has 1 unspecified atom stereocenters. The van der Waals surface area contributed by atoms with Crippen molar-refractivity contribution in [2.24, 2.45) is 5.16 Å². The van der Waals surface area contributed by atoms with Crippen molar-refractivity contribution in [1.29, 1.82) is 0 Å². The summed E-state index contributed by atoms with van der Waals surface area (Å²) in [5.41, 5.74) is 5.29. The lowest BCUT2D eigenvalue weighted by Gasteiger charge is -2.50. The number of esters is 1. The molecule has 5 rings (SSSR count). The minimum absolute atomic E-state index is 0.101. The van der Waals surface area contributed by atoms with E-state index in [9.17, 15) is 24.3 Å². The fraction of sp³-hybridized carbons (Fsp3) is 0.292. The van der Waals surface area contributed by atoms with Gasteiger partial charge in [-0.25, -0.2) is 4.79 Å². The van der Waals surface area contributed by atoms with E-state index in [0.29, 0.717) is 11.3 Å². The molecule has 0 bridgehead atoms. The van der Waals surface area contributed by atoms with Gasteiger partial charge in [-0.1, -0.05) is 5.16 Å². The number of carbonyl (C=O) groups is 4. The van der Waals surface area contributed by atoms with Crippen molar-refractivity contribution in [3.05, 3.63) is 53.1 Å². The van der Waals surface area contributed by atoms with Crippen LogP contribution in [0, 0.1) is 0 Å².